The van der Waals surface area contributed by atoms with Crippen molar-refractivity contribution in [2.24, 2.45) is 5.10 Å². The smallest absolute Gasteiger partial charge is 0.282 e. The number of ether oxygens (including phenoxy) is 1. The van der Waals surface area contributed by atoms with Gasteiger partial charge in [-0.25, -0.2) is 9.37 Å². The molecule has 0 unspecified atom stereocenters. The third kappa shape index (κ3) is 4.62. The zero-order valence-corrected chi connectivity index (χ0v) is 19.5. The van der Waals surface area contributed by atoms with Crippen molar-refractivity contribution in [2.45, 2.75) is 6.61 Å². The molecule has 0 spiro atoms. The van der Waals surface area contributed by atoms with E-state index < -0.39 is 0 Å². The Morgan fingerprint density at radius 1 is 0.919 bits per heavy atom. The largest absolute Gasteiger partial charge is 0.489 e. The second-order valence-electron chi connectivity index (χ2n) is 8.45. The van der Waals surface area contributed by atoms with Crippen LogP contribution in [-0.4, -0.2) is 15.9 Å². The molecule has 6 nitrogen and oxygen atoms in total. The number of hydrogen-bond acceptors (Lipinski definition) is 5. The van der Waals surface area contributed by atoms with Crippen LogP contribution in [0.3, 0.4) is 0 Å². The average Bonchev–Trinajstić information content (AvgIpc) is 3.36. The lowest BCUT2D eigenvalue weighted by molar-refractivity contribution is 0.305. The zero-order chi connectivity index (χ0) is 25.2. The number of nitrogens with zero attached hydrogens (tertiary/aromatic N) is 3. The number of benzene rings is 4. The van der Waals surface area contributed by atoms with E-state index in [4.69, 9.17) is 14.1 Å². The monoisotopic (exact) mass is 489 g/mol. The van der Waals surface area contributed by atoms with Crippen LogP contribution >= 0.6 is 0 Å². The van der Waals surface area contributed by atoms with Crippen molar-refractivity contribution in [3.8, 4) is 17.3 Å². The number of fused-ring (bicyclic) bond motifs is 2. The minimum Gasteiger partial charge on any atom is -0.489 e. The topological polar surface area (TPSA) is 69.6 Å². The van der Waals surface area contributed by atoms with Gasteiger partial charge in [-0.05, 0) is 59.7 Å². The van der Waals surface area contributed by atoms with Crippen LogP contribution in [0.2, 0.25) is 0 Å². The van der Waals surface area contributed by atoms with Gasteiger partial charge in [0.25, 0.3) is 5.56 Å². The van der Waals surface area contributed by atoms with Gasteiger partial charge < -0.3 is 9.15 Å². The molecule has 0 radical (unpaired) electrons. The highest BCUT2D eigenvalue weighted by Crippen LogP contribution is 2.27. The molecule has 0 bridgehead atoms. The average molecular weight is 490 g/mol. The summed E-state index contributed by atoms with van der Waals surface area (Å²) >= 11 is 0. The van der Waals surface area contributed by atoms with Crippen LogP contribution in [-0.2, 0) is 6.61 Å². The van der Waals surface area contributed by atoms with Crippen LogP contribution in [0, 0.1) is 5.82 Å². The van der Waals surface area contributed by atoms with Crippen LogP contribution < -0.4 is 10.3 Å². The van der Waals surface area contributed by atoms with Gasteiger partial charge in [0.2, 0.25) is 5.82 Å². The Hall–Kier alpha value is -5.04. The van der Waals surface area contributed by atoms with E-state index in [1.807, 2.05) is 48.5 Å². The van der Waals surface area contributed by atoms with Crippen molar-refractivity contribution in [3.05, 3.63) is 130 Å². The van der Waals surface area contributed by atoms with Gasteiger partial charge in [0.15, 0.2) is 5.76 Å². The maximum atomic E-state index is 13.5. The summed E-state index contributed by atoms with van der Waals surface area (Å²) in [6.45, 7) is 0.225. The highest BCUT2D eigenvalue weighted by atomic mass is 19.1. The lowest BCUT2D eigenvalue weighted by Crippen LogP contribution is -2.20. The molecule has 180 valence electrons. The van der Waals surface area contributed by atoms with Crippen LogP contribution in [0.5, 0.6) is 5.75 Å². The summed E-state index contributed by atoms with van der Waals surface area (Å²) in [6.07, 6.45) is 1.57. The number of furan rings is 1. The maximum absolute atomic E-state index is 13.5. The van der Waals surface area contributed by atoms with E-state index in [1.165, 1.54) is 16.8 Å². The fourth-order valence-electron chi connectivity index (χ4n) is 4.08. The summed E-state index contributed by atoms with van der Waals surface area (Å²) in [6, 6.07) is 30.1. The van der Waals surface area contributed by atoms with Crippen molar-refractivity contribution in [3.63, 3.8) is 0 Å². The van der Waals surface area contributed by atoms with E-state index in [0.717, 1.165) is 10.9 Å². The van der Waals surface area contributed by atoms with E-state index in [2.05, 4.69) is 5.10 Å². The molecule has 6 aromatic rings. The Kier molecular flexibility index (Phi) is 5.78. The zero-order valence-electron chi connectivity index (χ0n) is 19.5. The lowest BCUT2D eigenvalue weighted by Gasteiger charge is -2.08. The lowest BCUT2D eigenvalue weighted by atomic mass is 10.2. The van der Waals surface area contributed by atoms with E-state index in [1.54, 1.807) is 48.7 Å². The van der Waals surface area contributed by atoms with Crippen molar-refractivity contribution in [1.29, 1.82) is 0 Å². The summed E-state index contributed by atoms with van der Waals surface area (Å²) in [5, 5.41) is 5.85. The van der Waals surface area contributed by atoms with Gasteiger partial charge in [0, 0.05) is 5.39 Å². The Labute approximate surface area is 210 Å². The molecule has 6 rings (SSSR count). The van der Waals surface area contributed by atoms with Gasteiger partial charge in [-0.1, -0.05) is 54.6 Å². The van der Waals surface area contributed by atoms with Crippen LogP contribution in [0.15, 0.2) is 117 Å². The molecule has 0 saturated heterocycles. The highest BCUT2D eigenvalue weighted by Gasteiger charge is 2.16. The normalized spacial score (nSPS) is 11.5. The Balaban J connectivity index is 1.37. The first-order chi connectivity index (χ1) is 18.1. The number of aromatic nitrogens is 2. The summed E-state index contributed by atoms with van der Waals surface area (Å²) in [5.41, 5.74) is 2.38. The summed E-state index contributed by atoms with van der Waals surface area (Å²) < 4.78 is 26.5. The third-order valence-electron chi connectivity index (χ3n) is 5.87. The summed E-state index contributed by atoms with van der Waals surface area (Å²) in [4.78, 5) is 18.1. The highest BCUT2D eigenvalue weighted by molar-refractivity contribution is 5.84. The van der Waals surface area contributed by atoms with E-state index in [0.29, 0.717) is 39.4 Å². The molecule has 4 aromatic carbocycles. The first kappa shape index (κ1) is 22.4. The molecule has 7 heteroatoms. The van der Waals surface area contributed by atoms with Crippen molar-refractivity contribution in [1.82, 2.24) is 9.66 Å². The van der Waals surface area contributed by atoms with Crippen LogP contribution in [0.25, 0.3) is 33.5 Å². The maximum Gasteiger partial charge on any atom is 0.282 e. The van der Waals surface area contributed by atoms with E-state index >= 15 is 0 Å². The fourth-order valence-corrected chi connectivity index (χ4v) is 4.08. The molecule has 0 aliphatic carbocycles. The van der Waals surface area contributed by atoms with Crippen molar-refractivity contribution in [2.75, 3.05) is 0 Å². The Bertz CT molecular complexity index is 1800. The molecule has 0 fully saturated rings. The number of hydrogen-bond donors (Lipinski definition) is 0. The molecular weight excluding hydrogens is 469 g/mol. The summed E-state index contributed by atoms with van der Waals surface area (Å²) in [5.74, 6) is 1.02. The van der Waals surface area contributed by atoms with Gasteiger partial charge in [0.05, 0.1) is 17.1 Å². The van der Waals surface area contributed by atoms with Crippen molar-refractivity contribution >= 4 is 28.1 Å². The van der Waals surface area contributed by atoms with Gasteiger partial charge >= 0.3 is 0 Å². The quantitative estimate of drug-likeness (QED) is 0.254. The first-order valence-corrected chi connectivity index (χ1v) is 11.7. The predicted molar refractivity (Wildman–Crippen MR) is 141 cm³/mol. The molecule has 37 heavy (non-hydrogen) atoms. The SMILES string of the molecule is O=c1c2ccccc2nc(-c2cc3ccccc3o2)n1N=Cc1cccc(OCc2cccc(F)c2)c1. The van der Waals surface area contributed by atoms with E-state index in [9.17, 15) is 9.18 Å². The second kappa shape index (κ2) is 9.54. The molecule has 0 aliphatic heterocycles. The van der Waals surface area contributed by atoms with Gasteiger partial charge in [-0.2, -0.15) is 9.78 Å². The Morgan fingerprint density at radius 2 is 1.76 bits per heavy atom. The molecule has 2 aromatic heterocycles. The standard InChI is InChI=1S/C30H20FN3O3/c31-23-10-5-8-21(15-23)19-36-24-11-6-7-20(16-24)18-32-34-29(28-17-22-9-1-4-14-27(22)37-28)33-26-13-3-2-12-25(26)30(34)35/h1-18H,19H2. The van der Waals surface area contributed by atoms with Gasteiger partial charge in [-0.15, -0.1) is 0 Å². The fraction of sp³-hybridized carbons (Fsp3) is 0.0333. The minimum atomic E-state index is -0.309. The number of para-hydroxylation sites is 2. The van der Waals surface area contributed by atoms with Gasteiger partial charge in [-0.3, -0.25) is 4.79 Å². The number of rotatable bonds is 6. The van der Waals surface area contributed by atoms with Crippen LogP contribution in [0.1, 0.15) is 11.1 Å². The molecule has 0 aliphatic rings. The minimum absolute atomic E-state index is 0.225. The third-order valence-corrected chi connectivity index (χ3v) is 5.87. The molecule has 0 atom stereocenters. The van der Waals surface area contributed by atoms with Crippen molar-refractivity contribution < 1.29 is 13.5 Å². The molecule has 2 heterocycles. The summed E-state index contributed by atoms with van der Waals surface area (Å²) in [7, 11) is 0. The van der Waals surface area contributed by atoms with E-state index in [-0.39, 0.29) is 18.0 Å². The molecular formula is C30H20FN3O3. The molecule has 0 amide bonds. The predicted octanol–water partition coefficient (Wildman–Crippen LogP) is 6.41. The van der Waals surface area contributed by atoms with Crippen LogP contribution in [0.4, 0.5) is 4.39 Å². The Morgan fingerprint density at radius 3 is 2.65 bits per heavy atom. The van der Waals surface area contributed by atoms with Gasteiger partial charge in [0.1, 0.15) is 23.8 Å². The molecule has 0 saturated carbocycles. The number of halogens is 1. The second-order valence-corrected chi connectivity index (χ2v) is 8.45. The first-order valence-electron chi connectivity index (χ1n) is 11.7. The molecule has 0 N–H and O–H groups in total.